The molecule has 25 heavy (non-hydrogen) atoms. The van der Waals surface area contributed by atoms with Crippen molar-refractivity contribution in [3.05, 3.63) is 47.8 Å². The molecule has 0 saturated carbocycles. The van der Waals surface area contributed by atoms with Gasteiger partial charge >= 0.3 is 0 Å². The largest absolute Gasteiger partial charge is 0.356 e. The average molecular weight is 334 g/mol. The first kappa shape index (κ1) is 16.1. The standard InChI is InChI=1S/C21H26N4/c1-14-10-15(2)13-24(12-14)21-16(3)17(4)23-20-19(11-22-25(20)21)18-8-6-5-7-9-18/h5-9,11,14-15H,10,12-13H2,1-4H3/t14-,15+. The summed E-state index contributed by atoms with van der Waals surface area (Å²) in [5.74, 6) is 2.62. The molecule has 3 heterocycles. The van der Waals surface area contributed by atoms with Crippen molar-refractivity contribution in [2.24, 2.45) is 11.8 Å². The number of hydrogen-bond acceptors (Lipinski definition) is 3. The smallest absolute Gasteiger partial charge is 0.165 e. The molecule has 4 rings (SSSR count). The maximum Gasteiger partial charge on any atom is 0.165 e. The summed E-state index contributed by atoms with van der Waals surface area (Å²) in [4.78, 5) is 7.39. The summed E-state index contributed by atoms with van der Waals surface area (Å²) in [6.45, 7) is 11.2. The van der Waals surface area contributed by atoms with Gasteiger partial charge in [-0.05, 0) is 37.7 Å². The van der Waals surface area contributed by atoms with Crippen molar-refractivity contribution in [3.8, 4) is 11.1 Å². The first-order valence-corrected chi connectivity index (χ1v) is 9.20. The van der Waals surface area contributed by atoms with Crippen molar-refractivity contribution in [3.63, 3.8) is 0 Å². The first-order valence-electron chi connectivity index (χ1n) is 9.20. The van der Waals surface area contributed by atoms with E-state index < -0.39 is 0 Å². The molecule has 0 bridgehead atoms. The second-order valence-electron chi connectivity index (χ2n) is 7.66. The molecule has 0 aliphatic carbocycles. The number of aryl methyl sites for hydroxylation is 1. The molecule has 2 aromatic heterocycles. The van der Waals surface area contributed by atoms with Crippen LogP contribution in [-0.2, 0) is 0 Å². The first-order chi connectivity index (χ1) is 12.0. The Balaban J connectivity index is 1.90. The maximum absolute atomic E-state index is 4.88. The Bertz CT molecular complexity index is 887. The van der Waals surface area contributed by atoms with E-state index in [1.165, 1.54) is 23.4 Å². The zero-order chi connectivity index (χ0) is 17.6. The summed E-state index contributed by atoms with van der Waals surface area (Å²) in [6, 6.07) is 10.4. The number of nitrogens with zero attached hydrogens (tertiary/aromatic N) is 4. The Morgan fingerprint density at radius 2 is 1.68 bits per heavy atom. The van der Waals surface area contributed by atoms with Gasteiger partial charge in [-0.3, -0.25) is 0 Å². The van der Waals surface area contributed by atoms with Crippen molar-refractivity contribution < 1.29 is 0 Å². The van der Waals surface area contributed by atoms with Crippen LogP contribution >= 0.6 is 0 Å². The van der Waals surface area contributed by atoms with E-state index in [0.717, 1.165) is 30.0 Å². The fourth-order valence-corrected chi connectivity index (χ4v) is 4.20. The van der Waals surface area contributed by atoms with Crippen LogP contribution in [0.25, 0.3) is 16.8 Å². The fraction of sp³-hybridized carbons (Fsp3) is 0.429. The van der Waals surface area contributed by atoms with Gasteiger partial charge in [0.1, 0.15) is 5.82 Å². The molecular weight excluding hydrogens is 308 g/mol. The monoisotopic (exact) mass is 334 g/mol. The molecule has 0 N–H and O–H groups in total. The normalized spacial score (nSPS) is 21.0. The van der Waals surface area contributed by atoms with Gasteiger partial charge in [0.2, 0.25) is 0 Å². The van der Waals surface area contributed by atoms with Gasteiger partial charge in [0, 0.05) is 29.9 Å². The fourth-order valence-electron chi connectivity index (χ4n) is 4.20. The molecule has 130 valence electrons. The van der Waals surface area contributed by atoms with Crippen molar-refractivity contribution in [1.82, 2.24) is 14.6 Å². The van der Waals surface area contributed by atoms with Crippen molar-refractivity contribution in [2.75, 3.05) is 18.0 Å². The average Bonchev–Trinajstić information content (AvgIpc) is 2.99. The van der Waals surface area contributed by atoms with Gasteiger partial charge in [0.25, 0.3) is 0 Å². The van der Waals surface area contributed by atoms with Gasteiger partial charge in [-0.1, -0.05) is 44.2 Å². The Kier molecular flexibility index (Phi) is 3.98. The Morgan fingerprint density at radius 1 is 1.00 bits per heavy atom. The van der Waals surface area contributed by atoms with Gasteiger partial charge in [0.05, 0.1) is 6.20 Å². The van der Waals surface area contributed by atoms with Crippen molar-refractivity contribution >= 4 is 11.5 Å². The second-order valence-corrected chi connectivity index (χ2v) is 7.66. The van der Waals surface area contributed by atoms with E-state index in [-0.39, 0.29) is 0 Å². The predicted molar refractivity (Wildman–Crippen MR) is 103 cm³/mol. The van der Waals surface area contributed by atoms with E-state index in [9.17, 15) is 0 Å². The third kappa shape index (κ3) is 2.80. The quantitative estimate of drug-likeness (QED) is 0.692. The van der Waals surface area contributed by atoms with Crippen molar-refractivity contribution in [1.29, 1.82) is 0 Å². The lowest BCUT2D eigenvalue weighted by Gasteiger charge is -2.37. The number of hydrogen-bond donors (Lipinski definition) is 0. The number of rotatable bonds is 2. The highest BCUT2D eigenvalue weighted by Gasteiger charge is 2.26. The summed E-state index contributed by atoms with van der Waals surface area (Å²) in [5.41, 5.74) is 5.54. The lowest BCUT2D eigenvalue weighted by Crippen LogP contribution is -2.40. The number of fused-ring (bicyclic) bond motifs is 1. The SMILES string of the molecule is Cc1nc2c(-c3ccccc3)cnn2c(N2C[C@H](C)C[C@H](C)C2)c1C. The van der Waals surface area contributed by atoms with Crippen LogP contribution in [0.1, 0.15) is 31.5 Å². The molecule has 2 atom stereocenters. The number of aromatic nitrogens is 3. The minimum absolute atomic E-state index is 0.704. The molecule has 4 heteroatoms. The zero-order valence-electron chi connectivity index (χ0n) is 15.5. The minimum Gasteiger partial charge on any atom is -0.356 e. The number of benzene rings is 1. The Hall–Kier alpha value is -2.36. The highest BCUT2D eigenvalue weighted by molar-refractivity contribution is 5.78. The molecule has 0 amide bonds. The molecular formula is C21H26N4. The molecule has 1 aromatic carbocycles. The van der Waals surface area contributed by atoms with E-state index in [4.69, 9.17) is 10.1 Å². The van der Waals surface area contributed by atoms with Crippen LogP contribution in [-0.4, -0.2) is 27.7 Å². The summed E-state index contributed by atoms with van der Waals surface area (Å²) >= 11 is 0. The lowest BCUT2D eigenvalue weighted by atomic mass is 9.91. The number of anilines is 1. The number of piperidine rings is 1. The minimum atomic E-state index is 0.704. The molecule has 3 aromatic rings. The highest BCUT2D eigenvalue weighted by atomic mass is 15.4. The van der Waals surface area contributed by atoms with E-state index in [0.29, 0.717) is 11.8 Å². The Morgan fingerprint density at radius 3 is 2.36 bits per heavy atom. The molecule has 4 nitrogen and oxygen atoms in total. The third-order valence-electron chi connectivity index (χ3n) is 5.35. The van der Waals surface area contributed by atoms with E-state index in [1.54, 1.807) is 0 Å². The van der Waals surface area contributed by atoms with Gasteiger partial charge in [-0.15, -0.1) is 0 Å². The molecule has 1 aliphatic rings. The summed E-state index contributed by atoms with van der Waals surface area (Å²) in [7, 11) is 0. The predicted octanol–water partition coefficient (Wildman–Crippen LogP) is 4.50. The highest BCUT2D eigenvalue weighted by Crippen LogP contribution is 2.32. The van der Waals surface area contributed by atoms with E-state index in [1.807, 2.05) is 12.3 Å². The topological polar surface area (TPSA) is 33.4 Å². The lowest BCUT2D eigenvalue weighted by molar-refractivity contribution is 0.354. The van der Waals surface area contributed by atoms with Crippen LogP contribution in [0, 0.1) is 25.7 Å². The van der Waals surface area contributed by atoms with Crippen molar-refractivity contribution in [2.45, 2.75) is 34.1 Å². The van der Waals surface area contributed by atoms with Crippen LogP contribution in [0.4, 0.5) is 5.82 Å². The molecule has 1 saturated heterocycles. The maximum atomic E-state index is 4.88. The zero-order valence-corrected chi connectivity index (χ0v) is 15.5. The Labute approximate surface area is 149 Å². The second kappa shape index (κ2) is 6.17. The van der Waals surface area contributed by atoms with Crippen LogP contribution in [0.15, 0.2) is 36.5 Å². The molecule has 1 fully saturated rings. The van der Waals surface area contributed by atoms with Crippen LogP contribution < -0.4 is 4.90 Å². The van der Waals surface area contributed by atoms with Gasteiger partial charge in [0.15, 0.2) is 5.65 Å². The van der Waals surface area contributed by atoms with Crippen LogP contribution in [0.2, 0.25) is 0 Å². The summed E-state index contributed by atoms with van der Waals surface area (Å²) in [5, 5.41) is 4.73. The molecule has 0 spiro atoms. The third-order valence-corrected chi connectivity index (χ3v) is 5.35. The summed E-state index contributed by atoms with van der Waals surface area (Å²) < 4.78 is 2.05. The van der Waals surface area contributed by atoms with Crippen LogP contribution in [0.5, 0.6) is 0 Å². The van der Waals surface area contributed by atoms with Gasteiger partial charge < -0.3 is 4.90 Å². The van der Waals surface area contributed by atoms with Gasteiger partial charge in [-0.2, -0.15) is 9.61 Å². The van der Waals surface area contributed by atoms with Gasteiger partial charge in [-0.25, -0.2) is 4.98 Å². The van der Waals surface area contributed by atoms with E-state index in [2.05, 4.69) is 61.4 Å². The summed E-state index contributed by atoms with van der Waals surface area (Å²) in [6.07, 6.45) is 3.26. The van der Waals surface area contributed by atoms with Crippen LogP contribution in [0.3, 0.4) is 0 Å². The molecule has 1 aliphatic heterocycles. The molecule has 0 radical (unpaired) electrons. The van der Waals surface area contributed by atoms with E-state index >= 15 is 0 Å². The molecule has 0 unspecified atom stereocenters.